The summed E-state index contributed by atoms with van der Waals surface area (Å²) in [5.74, 6) is 4.14. The highest BCUT2D eigenvalue weighted by Gasteiger charge is 2.21. The molecule has 0 spiro atoms. The number of rotatable bonds is 11. The quantitative estimate of drug-likeness (QED) is 0.215. The summed E-state index contributed by atoms with van der Waals surface area (Å²) in [7, 11) is 0. The predicted octanol–water partition coefficient (Wildman–Crippen LogP) is 11.0. The van der Waals surface area contributed by atoms with Gasteiger partial charge in [0.1, 0.15) is 11.5 Å². The van der Waals surface area contributed by atoms with E-state index < -0.39 is 0 Å². The molecule has 0 saturated heterocycles. The Morgan fingerprint density at radius 3 is 1.92 bits per heavy atom. The fourth-order valence-electron chi connectivity index (χ4n) is 4.63. The van der Waals surface area contributed by atoms with Gasteiger partial charge in [-0.1, -0.05) is 114 Å². The topological polar surface area (TPSA) is 35.5 Å². The van der Waals surface area contributed by atoms with Crippen molar-refractivity contribution < 1.29 is 14.3 Å². The molecule has 0 fully saturated rings. The minimum absolute atomic E-state index is 0.264. The van der Waals surface area contributed by atoms with Crippen molar-refractivity contribution in [2.75, 3.05) is 0 Å². The van der Waals surface area contributed by atoms with E-state index in [0.717, 1.165) is 53.0 Å². The van der Waals surface area contributed by atoms with Crippen LogP contribution in [0.1, 0.15) is 151 Å². The van der Waals surface area contributed by atoms with Gasteiger partial charge in [0.2, 0.25) is 0 Å². The summed E-state index contributed by atoms with van der Waals surface area (Å²) in [6, 6.07) is 1.94. The van der Waals surface area contributed by atoms with Crippen LogP contribution in [0, 0.1) is 31.6 Å². The van der Waals surface area contributed by atoms with Crippen LogP contribution < -0.4 is 9.47 Å². The van der Waals surface area contributed by atoms with Crippen molar-refractivity contribution in [3.05, 3.63) is 22.8 Å². The third kappa shape index (κ3) is 16.8. The number of ether oxygens (including phenoxy) is 2. The van der Waals surface area contributed by atoms with Gasteiger partial charge in [0, 0.05) is 6.92 Å². The second-order valence-electron chi connectivity index (χ2n) is 10.9. The third-order valence-corrected chi connectivity index (χ3v) is 6.92. The van der Waals surface area contributed by atoms with E-state index >= 15 is 0 Å². The van der Waals surface area contributed by atoms with E-state index in [9.17, 15) is 4.79 Å². The van der Waals surface area contributed by atoms with Crippen LogP contribution in [-0.2, 0) is 11.2 Å². The standard InChI is InChI=1S/C16H34.C14H18O3.2C2H6/c1-6-9-15(4)12-8-13-16(5)11-7-10-14(2)3;1-8-5-6-12-7-13(17-11(4)15)9(2)10(3)14(12)16-8;2*1-2/h14-16H,6-13H2,1-5H3;7-8H,5-6H2,1-4H3;2*1-2H3. The molecule has 1 aliphatic rings. The van der Waals surface area contributed by atoms with Crippen LogP contribution in [0.25, 0.3) is 0 Å². The molecule has 0 radical (unpaired) electrons. The smallest absolute Gasteiger partial charge is 0.308 e. The summed E-state index contributed by atoms with van der Waals surface area (Å²) in [5, 5.41) is 0. The van der Waals surface area contributed by atoms with Crippen molar-refractivity contribution >= 4 is 5.97 Å². The Balaban J connectivity index is 0. The number of fused-ring (bicyclic) bond motifs is 1. The number of carbonyl (C=O) groups excluding carboxylic acids is 1. The van der Waals surface area contributed by atoms with E-state index in [1.54, 1.807) is 0 Å². The van der Waals surface area contributed by atoms with Gasteiger partial charge in [-0.05, 0) is 74.1 Å². The van der Waals surface area contributed by atoms with Crippen molar-refractivity contribution in [3.63, 3.8) is 0 Å². The molecular formula is C34H64O3. The van der Waals surface area contributed by atoms with Crippen LogP contribution in [0.15, 0.2) is 6.07 Å². The Labute approximate surface area is 232 Å². The van der Waals surface area contributed by atoms with Crippen LogP contribution in [0.2, 0.25) is 0 Å². The summed E-state index contributed by atoms with van der Waals surface area (Å²) >= 11 is 0. The molecule has 1 aliphatic heterocycles. The highest BCUT2D eigenvalue weighted by atomic mass is 16.5. The van der Waals surface area contributed by atoms with Gasteiger partial charge < -0.3 is 9.47 Å². The number of hydrogen-bond acceptors (Lipinski definition) is 3. The zero-order chi connectivity index (χ0) is 29.0. The second-order valence-corrected chi connectivity index (χ2v) is 10.9. The fraction of sp³-hybridized carbons (Fsp3) is 0.794. The number of esters is 1. The van der Waals surface area contributed by atoms with E-state index in [-0.39, 0.29) is 12.1 Å². The monoisotopic (exact) mass is 520 g/mol. The first-order valence-corrected chi connectivity index (χ1v) is 15.5. The van der Waals surface area contributed by atoms with Gasteiger partial charge in [-0.15, -0.1) is 0 Å². The van der Waals surface area contributed by atoms with Crippen LogP contribution in [0.3, 0.4) is 0 Å². The first kappa shape index (κ1) is 37.6. The number of carbonyl (C=O) groups is 1. The average molecular weight is 521 g/mol. The molecule has 0 aromatic heterocycles. The Morgan fingerprint density at radius 1 is 0.919 bits per heavy atom. The van der Waals surface area contributed by atoms with Crippen LogP contribution in [-0.4, -0.2) is 12.1 Å². The molecule has 0 saturated carbocycles. The van der Waals surface area contributed by atoms with E-state index in [1.165, 1.54) is 58.3 Å². The molecule has 3 unspecified atom stereocenters. The summed E-state index contributed by atoms with van der Waals surface area (Å²) in [6.45, 7) is 27.3. The maximum atomic E-state index is 11.0. The van der Waals surface area contributed by atoms with Gasteiger partial charge in [-0.2, -0.15) is 0 Å². The van der Waals surface area contributed by atoms with Crippen molar-refractivity contribution in [2.45, 2.75) is 160 Å². The summed E-state index contributed by atoms with van der Waals surface area (Å²) < 4.78 is 11.1. The van der Waals surface area contributed by atoms with Crippen molar-refractivity contribution in [1.29, 1.82) is 0 Å². The van der Waals surface area contributed by atoms with Crippen molar-refractivity contribution in [1.82, 2.24) is 0 Å². The molecule has 3 heteroatoms. The van der Waals surface area contributed by atoms with Crippen molar-refractivity contribution in [3.8, 4) is 11.5 Å². The maximum absolute atomic E-state index is 11.0. The molecule has 0 amide bonds. The lowest BCUT2D eigenvalue weighted by atomic mass is 9.92. The van der Waals surface area contributed by atoms with Crippen LogP contribution in [0.4, 0.5) is 0 Å². The third-order valence-electron chi connectivity index (χ3n) is 6.92. The summed E-state index contributed by atoms with van der Waals surface area (Å²) in [4.78, 5) is 11.0. The Hall–Kier alpha value is -1.51. The van der Waals surface area contributed by atoms with Gasteiger partial charge >= 0.3 is 5.97 Å². The molecule has 37 heavy (non-hydrogen) atoms. The van der Waals surface area contributed by atoms with E-state index in [2.05, 4.69) is 41.5 Å². The van der Waals surface area contributed by atoms with Gasteiger partial charge in [-0.3, -0.25) is 4.79 Å². The first-order chi connectivity index (χ1) is 17.5. The van der Waals surface area contributed by atoms with Crippen LogP contribution in [0.5, 0.6) is 11.5 Å². The van der Waals surface area contributed by atoms with Crippen LogP contribution >= 0.6 is 0 Å². The fourth-order valence-corrected chi connectivity index (χ4v) is 4.63. The molecule has 0 aliphatic carbocycles. The molecule has 0 bridgehead atoms. The summed E-state index contributed by atoms with van der Waals surface area (Å²) in [5.41, 5.74) is 3.20. The molecule has 1 aromatic rings. The Kier molecular flexibility index (Phi) is 22.9. The zero-order valence-electron chi connectivity index (χ0n) is 27.2. The minimum Gasteiger partial charge on any atom is -0.490 e. The highest BCUT2D eigenvalue weighted by Crippen LogP contribution is 2.37. The van der Waals surface area contributed by atoms with Gasteiger partial charge in [0.25, 0.3) is 0 Å². The highest BCUT2D eigenvalue weighted by molar-refractivity contribution is 5.70. The molecule has 218 valence electrons. The van der Waals surface area contributed by atoms with E-state index in [0.29, 0.717) is 5.75 Å². The van der Waals surface area contributed by atoms with E-state index in [1.807, 2.05) is 47.6 Å². The lowest BCUT2D eigenvalue weighted by Gasteiger charge is -2.26. The molecular weight excluding hydrogens is 456 g/mol. The SMILES string of the molecule is CC.CC.CC(=O)Oc1cc2c(c(C)c1C)OC(C)CC2.CCCC(C)CCCC(C)CCCC(C)C. The van der Waals surface area contributed by atoms with Gasteiger partial charge in [0.15, 0.2) is 0 Å². The summed E-state index contributed by atoms with van der Waals surface area (Å²) in [6.07, 6.45) is 13.7. The average Bonchev–Trinajstić information content (AvgIpc) is 2.85. The largest absolute Gasteiger partial charge is 0.490 e. The Bertz CT molecular complexity index is 708. The zero-order valence-corrected chi connectivity index (χ0v) is 27.2. The molecule has 3 atom stereocenters. The predicted molar refractivity (Wildman–Crippen MR) is 164 cm³/mol. The van der Waals surface area contributed by atoms with Gasteiger partial charge in [0.05, 0.1) is 6.10 Å². The maximum Gasteiger partial charge on any atom is 0.308 e. The van der Waals surface area contributed by atoms with E-state index in [4.69, 9.17) is 9.47 Å². The Morgan fingerprint density at radius 2 is 1.43 bits per heavy atom. The molecule has 1 aromatic carbocycles. The normalized spacial score (nSPS) is 15.4. The van der Waals surface area contributed by atoms with Gasteiger partial charge in [-0.25, -0.2) is 0 Å². The minimum atomic E-state index is -0.280. The van der Waals surface area contributed by atoms with Crippen molar-refractivity contribution in [2.24, 2.45) is 17.8 Å². The number of hydrogen-bond donors (Lipinski definition) is 0. The molecule has 1 heterocycles. The first-order valence-electron chi connectivity index (χ1n) is 15.5. The number of benzene rings is 1. The molecule has 3 nitrogen and oxygen atoms in total. The molecule has 0 N–H and O–H groups in total. The number of aryl methyl sites for hydroxylation is 1. The second kappa shape index (κ2) is 22.5. The molecule has 2 rings (SSSR count). The lowest BCUT2D eigenvalue weighted by molar-refractivity contribution is -0.131. The lowest BCUT2D eigenvalue weighted by Crippen LogP contribution is -2.20.